The fourth-order valence-corrected chi connectivity index (χ4v) is 6.68. The second-order valence-corrected chi connectivity index (χ2v) is 15.9. The molecule has 0 saturated carbocycles. The number of carbonyl (C=O) groups excluding carboxylic acids is 6. The smallest absolute Gasteiger partial charge is 0.323 e. The summed E-state index contributed by atoms with van der Waals surface area (Å²) in [7, 11) is 0. The molecule has 0 aromatic heterocycles. The predicted molar refractivity (Wildman–Crippen MR) is 243 cm³/mol. The minimum Gasteiger partial charge on any atom is -0.323 e. The summed E-state index contributed by atoms with van der Waals surface area (Å²) in [6, 6.07) is 15.1. The highest BCUT2D eigenvalue weighted by molar-refractivity contribution is 6.35. The maximum Gasteiger partial charge on any atom is 0.419 e. The summed E-state index contributed by atoms with van der Waals surface area (Å²) in [6.07, 6.45) is -4.88. The Labute approximate surface area is 392 Å². The monoisotopic (exact) mass is 988 g/mol. The molecule has 0 fully saturated rings. The van der Waals surface area contributed by atoms with Crippen molar-refractivity contribution >= 4 is 127 Å². The number of azo groups is 2. The zero-order valence-electron chi connectivity index (χ0n) is 34.0. The van der Waals surface area contributed by atoms with Gasteiger partial charge in [-0.25, -0.2) is 0 Å². The van der Waals surface area contributed by atoms with Crippen LogP contribution in [0.5, 0.6) is 0 Å². The molecule has 65 heavy (non-hydrogen) atoms. The first kappa shape index (κ1) is 49.8. The van der Waals surface area contributed by atoms with Crippen molar-refractivity contribution in [1.82, 2.24) is 0 Å². The van der Waals surface area contributed by atoms with Crippen molar-refractivity contribution in [1.29, 1.82) is 0 Å². The number of halogens is 8. The minimum atomic E-state index is -4.88. The summed E-state index contributed by atoms with van der Waals surface area (Å²) in [5, 5.41) is 25.2. The lowest BCUT2D eigenvalue weighted by molar-refractivity contribution is -0.137. The molecular formula is C43H32Cl5F3N8O6. The second kappa shape index (κ2) is 21.2. The average molecular weight is 991 g/mol. The molecule has 14 nitrogen and oxygen atoms in total. The zero-order valence-corrected chi connectivity index (χ0v) is 37.8. The first-order chi connectivity index (χ1) is 30.5. The van der Waals surface area contributed by atoms with Gasteiger partial charge in [0, 0.05) is 27.5 Å². The summed E-state index contributed by atoms with van der Waals surface area (Å²) in [5.74, 6) is -4.88. The summed E-state index contributed by atoms with van der Waals surface area (Å²) in [6.45, 7) is 5.44. The van der Waals surface area contributed by atoms with E-state index in [-0.39, 0.29) is 48.9 Å². The maximum atomic E-state index is 13.6. The SMILES string of the molecule is CC(=O)C(/N=N/c1cc(C(=O)Nc2cccc(Cl)c2C(F)(F)F)ccc1Cl)C(=O)Nc1cc(Cl)c(NC(=O)C(/N=N/c2cc(C(=O)Nc3cccc(Cl)c3C)ccc2Cl)C(C)=O)cc1C. The minimum absolute atomic E-state index is 0.00739. The molecule has 5 aromatic rings. The maximum absolute atomic E-state index is 13.6. The quantitative estimate of drug-likeness (QED) is 0.0630. The molecule has 0 saturated heterocycles. The number of rotatable bonds is 14. The van der Waals surface area contributed by atoms with Gasteiger partial charge in [0.25, 0.3) is 23.6 Å². The van der Waals surface area contributed by atoms with E-state index in [9.17, 15) is 41.9 Å². The van der Waals surface area contributed by atoms with E-state index in [0.29, 0.717) is 21.8 Å². The van der Waals surface area contributed by atoms with Crippen LogP contribution in [0.3, 0.4) is 0 Å². The van der Waals surface area contributed by atoms with Gasteiger partial charge in [-0.2, -0.15) is 33.6 Å². The highest BCUT2D eigenvalue weighted by Gasteiger charge is 2.36. The van der Waals surface area contributed by atoms with Gasteiger partial charge in [0.1, 0.15) is 11.4 Å². The third-order valence-corrected chi connectivity index (χ3v) is 10.8. The fraction of sp³-hybridized carbons (Fsp3) is 0.163. The molecule has 0 aliphatic heterocycles. The van der Waals surface area contributed by atoms with E-state index in [2.05, 4.69) is 41.7 Å². The van der Waals surface area contributed by atoms with E-state index in [1.807, 2.05) is 0 Å². The van der Waals surface area contributed by atoms with Crippen LogP contribution in [-0.4, -0.2) is 47.3 Å². The number of amides is 4. The molecule has 0 spiro atoms. The molecule has 2 atom stereocenters. The molecule has 336 valence electrons. The summed E-state index contributed by atoms with van der Waals surface area (Å²) >= 11 is 30.9. The van der Waals surface area contributed by atoms with Crippen LogP contribution in [0, 0.1) is 13.8 Å². The van der Waals surface area contributed by atoms with Crippen LogP contribution in [-0.2, 0) is 25.4 Å². The van der Waals surface area contributed by atoms with Crippen molar-refractivity contribution < 1.29 is 41.9 Å². The van der Waals surface area contributed by atoms with Crippen molar-refractivity contribution in [2.75, 3.05) is 21.3 Å². The van der Waals surface area contributed by atoms with Crippen LogP contribution < -0.4 is 21.3 Å². The summed E-state index contributed by atoms with van der Waals surface area (Å²) < 4.78 is 40.9. The Hall–Kier alpha value is -6.24. The van der Waals surface area contributed by atoms with Crippen LogP contribution in [0.1, 0.15) is 51.3 Å². The van der Waals surface area contributed by atoms with Crippen LogP contribution in [0.4, 0.5) is 47.3 Å². The number of anilines is 4. The van der Waals surface area contributed by atoms with Crippen molar-refractivity contribution in [3.63, 3.8) is 0 Å². The molecular weight excluding hydrogens is 959 g/mol. The Balaban J connectivity index is 1.28. The van der Waals surface area contributed by atoms with Crippen molar-refractivity contribution in [3.05, 3.63) is 138 Å². The van der Waals surface area contributed by atoms with Crippen LogP contribution in [0.15, 0.2) is 105 Å². The van der Waals surface area contributed by atoms with Crippen LogP contribution in [0.25, 0.3) is 0 Å². The topological polar surface area (TPSA) is 200 Å². The number of Topliss-reactive ketones (excluding diaryl/α,β-unsaturated/α-hetero) is 2. The molecule has 0 aliphatic carbocycles. The van der Waals surface area contributed by atoms with Gasteiger partial charge < -0.3 is 21.3 Å². The van der Waals surface area contributed by atoms with Gasteiger partial charge in [0.2, 0.25) is 12.1 Å². The summed E-state index contributed by atoms with van der Waals surface area (Å²) in [5.41, 5.74) is -0.590. The number of ketones is 2. The van der Waals surface area contributed by atoms with Crippen molar-refractivity contribution in [2.45, 2.75) is 46.0 Å². The van der Waals surface area contributed by atoms with E-state index in [0.717, 1.165) is 32.0 Å². The third-order valence-electron chi connectivity index (χ3n) is 9.14. The number of hydrogen-bond donors (Lipinski definition) is 4. The zero-order chi connectivity index (χ0) is 47.9. The molecule has 5 rings (SSSR count). The average Bonchev–Trinajstić information content (AvgIpc) is 3.22. The second-order valence-electron chi connectivity index (χ2n) is 13.9. The molecule has 0 heterocycles. The van der Waals surface area contributed by atoms with Crippen molar-refractivity contribution in [3.8, 4) is 0 Å². The Morgan fingerprint density at radius 3 is 1.48 bits per heavy atom. The number of carbonyl (C=O) groups is 6. The van der Waals surface area contributed by atoms with Gasteiger partial charge in [-0.15, -0.1) is 0 Å². The Bertz CT molecular complexity index is 2820. The van der Waals surface area contributed by atoms with E-state index < -0.39 is 69.7 Å². The van der Waals surface area contributed by atoms with E-state index in [1.54, 1.807) is 25.1 Å². The third kappa shape index (κ3) is 12.5. The molecule has 0 radical (unpaired) electrons. The van der Waals surface area contributed by atoms with Gasteiger partial charge in [0.05, 0.1) is 37.0 Å². The standard InChI is InChI=1S/C43H32Cl5F3N8O6/c1-19-15-33(55-42(65)38(22(4)61)59-57-34-16-23(11-13-26(34)45)39(62)52-30-9-5-7-25(44)20(30)2)29(48)18-32(19)54-41(64)37(21(3)60)58-56-35-17-24(12-14-27(35)46)40(63)53-31-10-6-8-28(47)36(31)43(49,50)51/h5-18,37-38H,1-4H3,(H,52,62)(H,53,63)(H,54,64)(H,55,65)/b58-56+,59-57+. The van der Waals surface area contributed by atoms with Gasteiger partial charge in [-0.3, -0.25) is 28.8 Å². The van der Waals surface area contributed by atoms with Crippen molar-refractivity contribution in [2.24, 2.45) is 20.5 Å². The largest absolute Gasteiger partial charge is 0.419 e. The normalized spacial score (nSPS) is 12.4. The molecule has 5 aromatic carbocycles. The number of hydrogen-bond acceptors (Lipinski definition) is 10. The molecule has 22 heteroatoms. The van der Waals surface area contributed by atoms with Gasteiger partial charge >= 0.3 is 6.18 Å². The first-order valence-corrected chi connectivity index (χ1v) is 20.5. The highest BCUT2D eigenvalue weighted by atomic mass is 35.5. The fourth-order valence-electron chi connectivity index (χ4n) is 5.70. The lowest BCUT2D eigenvalue weighted by atomic mass is 10.1. The highest BCUT2D eigenvalue weighted by Crippen LogP contribution is 2.40. The number of nitrogens with zero attached hydrogens (tertiary/aromatic N) is 4. The number of aryl methyl sites for hydroxylation is 1. The molecule has 4 N–H and O–H groups in total. The molecule has 0 bridgehead atoms. The van der Waals surface area contributed by atoms with Crippen LogP contribution >= 0.6 is 58.0 Å². The summed E-state index contributed by atoms with van der Waals surface area (Å²) in [4.78, 5) is 77.9. The van der Waals surface area contributed by atoms with Gasteiger partial charge in [0.15, 0.2) is 11.6 Å². The van der Waals surface area contributed by atoms with E-state index in [4.69, 9.17) is 58.0 Å². The van der Waals surface area contributed by atoms with Gasteiger partial charge in [-0.1, -0.05) is 70.1 Å². The number of benzene rings is 5. The van der Waals surface area contributed by atoms with E-state index >= 15 is 0 Å². The Morgan fingerprint density at radius 1 is 0.523 bits per heavy atom. The van der Waals surface area contributed by atoms with E-state index in [1.165, 1.54) is 55.5 Å². The van der Waals surface area contributed by atoms with Crippen LogP contribution in [0.2, 0.25) is 25.1 Å². The Morgan fingerprint density at radius 2 is 0.985 bits per heavy atom. The van der Waals surface area contributed by atoms with Gasteiger partial charge in [-0.05, 0) is 112 Å². The number of alkyl halides is 3. The predicted octanol–water partition coefficient (Wildman–Crippen LogP) is 12.5. The Kier molecular flexibility index (Phi) is 16.2. The molecule has 0 aliphatic rings. The molecule has 2 unspecified atom stereocenters. The number of nitrogens with one attached hydrogen (secondary N) is 4. The first-order valence-electron chi connectivity index (χ1n) is 18.6. The lowest BCUT2D eigenvalue weighted by Gasteiger charge is -2.16. The molecule has 4 amide bonds. The lowest BCUT2D eigenvalue weighted by Crippen LogP contribution is -2.32.